The molecule has 86 valence electrons. The molecule has 2 aromatic rings. The predicted octanol–water partition coefficient (Wildman–Crippen LogP) is 4.13. The van der Waals surface area contributed by atoms with Gasteiger partial charge in [0.15, 0.2) is 0 Å². The minimum Gasteiger partial charge on any atom is -0.239 e. The molecule has 0 radical (unpaired) electrons. The Balaban J connectivity index is 1.99. The fraction of sp³-hybridized carbons (Fsp3) is 0.385. The van der Waals surface area contributed by atoms with Crippen molar-refractivity contribution in [3.05, 3.63) is 28.1 Å². The van der Waals surface area contributed by atoms with Gasteiger partial charge >= 0.3 is 0 Å². The summed E-state index contributed by atoms with van der Waals surface area (Å²) in [7, 11) is 0. The molecule has 1 aliphatic rings. The molecule has 4 heteroatoms. The highest BCUT2D eigenvalue weighted by atomic mass is 32.1. The minimum atomic E-state index is -0.278. The maximum Gasteiger partial charge on any atom is 0.133 e. The zero-order valence-electron chi connectivity index (χ0n) is 9.56. The Morgan fingerprint density at radius 3 is 2.76 bits per heavy atom. The lowest BCUT2D eigenvalue weighted by Crippen LogP contribution is -2.32. The average Bonchev–Trinajstić information content (AvgIpc) is 2.86. The number of aromatic nitrogens is 1. The van der Waals surface area contributed by atoms with Crippen molar-refractivity contribution in [3.63, 3.8) is 0 Å². The van der Waals surface area contributed by atoms with Gasteiger partial charge in [0.25, 0.3) is 0 Å². The van der Waals surface area contributed by atoms with Crippen LogP contribution < -0.4 is 0 Å². The number of thiazole rings is 1. The highest BCUT2D eigenvalue weighted by molar-refractivity contribution is 7.20. The standard InChI is InChI=1S/C13H12N2S2/c1-9-3-6-16-11(9)12-15-10(7-17-12)13(8-14)4-2-5-13/h3,6-7H,2,4-5H2,1H3. The molecule has 0 atom stereocenters. The zero-order valence-corrected chi connectivity index (χ0v) is 11.2. The van der Waals surface area contributed by atoms with E-state index in [1.165, 1.54) is 10.4 Å². The molecule has 1 saturated carbocycles. The van der Waals surface area contributed by atoms with Crippen molar-refractivity contribution >= 4 is 22.7 Å². The third-order valence-electron chi connectivity index (χ3n) is 3.47. The van der Waals surface area contributed by atoms with Crippen LogP contribution in [-0.4, -0.2) is 4.98 Å². The summed E-state index contributed by atoms with van der Waals surface area (Å²) in [5.41, 5.74) is 1.98. The van der Waals surface area contributed by atoms with Crippen molar-refractivity contribution in [1.29, 1.82) is 5.26 Å². The van der Waals surface area contributed by atoms with Crippen molar-refractivity contribution in [3.8, 4) is 16.0 Å². The third kappa shape index (κ3) is 1.62. The Hall–Kier alpha value is -1.18. The first-order chi connectivity index (χ1) is 8.25. The van der Waals surface area contributed by atoms with Crippen LogP contribution in [0.5, 0.6) is 0 Å². The monoisotopic (exact) mass is 260 g/mol. The van der Waals surface area contributed by atoms with Crippen LogP contribution in [0.3, 0.4) is 0 Å². The third-order valence-corrected chi connectivity index (χ3v) is 5.48. The van der Waals surface area contributed by atoms with Crippen LogP contribution in [0.1, 0.15) is 30.5 Å². The second-order valence-electron chi connectivity index (χ2n) is 4.52. The lowest BCUT2D eigenvalue weighted by molar-refractivity contribution is 0.317. The number of thiophene rings is 1. The largest absolute Gasteiger partial charge is 0.239 e. The van der Waals surface area contributed by atoms with Gasteiger partial charge in [0.05, 0.1) is 16.6 Å². The first-order valence-electron chi connectivity index (χ1n) is 5.67. The molecule has 0 aromatic carbocycles. The van der Waals surface area contributed by atoms with Crippen LogP contribution in [0.2, 0.25) is 0 Å². The van der Waals surface area contributed by atoms with E-state index in [0.717, 1.165) is 30.0 Å². The number of nitriles is 1. The van der Waals surface area contributed by atoms with Gasteiger partial charge in [0.2, 0.25) is 0 Å². The molecular formula is C13H12N2S2. The van der Waals surface area contributed by atoms with Crippen LogP contribution in [-0.2, 0) is 5.41 Å². The molecular weight excluding hydrogens is 248 g/mol. The van der Waals surface area contributed by atoms with Crippen LogP contribution >= 0.6 is 22.7 Å². The van der Waals surface area contributed by atoms with E-state index in [4.69, 9.17) is 0 Å². The molecule has 2 nitrogen and oxygen atoms in total. The number of hydrogen-bond donors (Lipinski definition) is 0. The van der Waals surface area contributed by atoms with E-state index in [2.05, 4.69) is 34.8 Å². The topological polar surface area (TPSA) is 36.7 Å². The average molecular weight is 260 g/mol. The molecule has 1 aliphatic carbocycles. The second kappa shape index (κ2) is 3.94. The van der Waals surface area contributed by atoms with Gasteiger partial charge in [-0.3, -0.25) is 0 Å². The summed E-state index contributed by atoms with van der Waals surface area (Å²) in [4.78, 5) is 5.93. The quantitative estimate of drug-likeness (QED) is 0.814. The van der Waals surface area contributed by atoms with Crippen molar-refractivity contribution in [2.24, 2.45) is 0 Å². The van der Waals surface area contributed by atoms with Gasteiger partial charge in [-0.15, -0.1) is 22.7 Å². The first kappa shape index (κ1) is 10.9. The van der Waals surface area contributed by atoms with Crippen molar-refractivity contribution < 1.29 is 0 Å². The predicted molar refractivity (Wildman–Crippen MR) is 71.3 cm³/mol. The molecule has 0 unspecified atom stereocenters. The molecule has 2 heterocycles. The Morgan fingerprint density at radius 1 is 1.41 bits per heavy atom. The number of hydrogen-bond acceptors (Lipinski definition) is 4. The van der Waals surface area contributed by atoms with E-state index in [9.17, 15) is 5.26 Å². The van der Waals surface area contributed by atoms with Gasteiger partial charge in [-0.1, -0.05) is 0 Å². The number of rotatable bonds is 2. The highest BCUT2D eigenvalue weighted by Crippen LogP contribution is 2.44. The second-order valence-corrected chi connectivity index (χ2v) is 6.29. The highest BCUT2D eigenvalue weighted by Gasteiger charge is 2.41. The van der Waals surface area contributed by atoms with E-state index in [-0.39, 0.29) is 5.41 Å². The Labute approximate surface area is 109 Å². The Morgan fingerprint density at radius 2 is 2.24 bits per heavy atom. The summed E-state index contributed by atoms with van der Waals surface area (Å²) in [6.07, 6.45) is 3.09. The fourth-order valence-electron chi connectivity index (χ4n) is 2.15. The summed E-state index contributed by atoms with van der Waals surface area (Å²) in [5, 5.41) is 14.5. The molecule has 3 rings (SSSR count). The van der Waals surface area contributed by atoms with Crippen LogP contribution in [0.25, 0.3) is 9.88 Å². The van der Waals surface area contributed by atoms with Gasteiger partial charge < -0.3 is 0 Å². The maximum absolute atomic E-state index is 9.30. The lowest BCUT2D eigenvalue weighted by Gasteiger charge is -2.33. The number of aryl methyl sites for hydroxylation is 1. The summed E-state index contributed by atoms with van der Waals surface area (Å²) < 4.78 is 0. The summed E-state index contributed by atoms with van der Waals surface area (Å²) in [5.74, 6) is 0. The van der Waals surface area contributed by atoms with Crippen LogP contribution in [0.4, 0.5) is 0 Å². The normalized spacial score (nSPS) is 17.4. The maximum atomic E-state index is 9.30. The summed E-state index contributed by atoms with van der Waals surface area (Å²) in [6, 6.07) is 4.57. The molecule has 0 saturated heterocycles. The zero-order chi connectivity index (χ0) is 11.9. The molecule has 0 amide bonds. The van der Waals surface area contributed by atoms with Gasteiger partial charge in [0, 0.05) is 5.38 Å². The van der Waals surface area contributed by atoms with Gasteiger partial charge in [-0.2, -0.15) is 5.26 Å². The molecule has 1 fully saturated rings. The SMILES string of the molecule is Cc1ccsc1-c1nc(C2(C#N)CCC2)cs1. The van der Waals surface area contributed by atoms with Gasteiger partial charge in [-0.05, 0) is 43.2 Å². The first-order valence-corrected chi connectivity index (χ1v) is 7.43. The summed E-state index contributed by atoms with van der Waals surface area (Å²) >= 11 is 3.39. The Kier molecular flexibility index (Phi) is 2.53. The molecule has 0 spiro atoms. The van der Waals surface area contributed by atoms with Crippen molar-refractivity contribution in [1.82, 2.24) is 4.98 Å². The summed E-state index contributed by atoms with van der Waals surface area (Å²) in [6.45, 7) is 2.11. The smallest absolute Gasteiger partial charge is 0.133 e. The van der Waals surface area contributed by atoms with Gasteiger partial charge in [0.1, 0.15) is 10.4 Å². The number of nitrogens with zero attached hydrogens (tertiary/aromatic N) is 2. The molecule has 0 N–H and O–H groups in total. The van der Waals surface area contributed by atoms with E-state index >= 15 is 0 Å². The molecule has 0 aliphatic heterocycles. The van der Waals surface area contributed by atoms with Crippen molar-refractivity contribution in [2.75, 3.05) is 0 Å². The lowest BCUT2D eigenvalue weighted by atomic mass is 9.68. The van der Waals surface area contributed by atoms with E-state index in [1.807, 2.05) is 0 Å². The van der Waals surface area contributed by atoms with E-state index < -0.39 is 0 Å². The van der Waals surface area contributed by atoms with Crippen LogP contribution in [0, 0.1) is 18.3 Å². The van der Waals surface area contributed by atoms with Crippen molar-refractivity contribution in [2.45, 2.75) is 31.6 Å². The fourth-order valence-corrected chi connectivity index (χ4v) is 4.16. The van der Waals surface area contributed by atoms with Crippen LogP contribution in [0.15, 0.2) is 16.8 Å². The molecule has 17 heavy (non-hydrogen) atoms. The molecule has 2 aromatic heterocycles. The van der Waals surface area contributed by atoms with E-state index in [1.54, 1.807) is 22.7 Å². The minimum absolute atomic E-state index is 0.278. The Bertz CT molecular complexity index is 585. The van der Waals surface area contributed by atoms with Gasteiger partial charge in [-0.25, -0.2) is 4.98 Å². The van der Waals surface area contributed by atoms with E-state index in [0.29, 0.717) is 0 Å². The molecule has 0 bridgehead atoms.